The van der Waals surface area contributed by atoms with Crippen LogP contribution >= 0.6 is 23.1 Å². The molecule has 1 saturated carbocycles. The zero-order chi connectivity index (χ0) is 20.5. The smallest absolute Gasteiger partial charge is 0.253 e. The van der Waals surface area contributed by atoms with Crippen molar-refractivity contribution in [2.75, 3.05) is 11.5 Å². The zero-order valence-corrected chi connectivity index (χ0v) is 17.6. The fourth-order valence-corrected chi connectivity index (χ4v) is 5.45. The van der Waals surface area contributed by atoms with Gasteiger partial charge in [-0.25, -0.2) is 5.01 Å². The van der Waals surface area contributed by atoms with E-state index in [9.17, 15) is 4.79 Å². The molecule has 1 fully saturated rings. The molecule has 1 aliphatic carbocycles. The third kappa shape index (κ3) is 3.68. The first-order chi connectivity index (χ1) is 14.7. The van der Waals surface area contributed by atoms with Gasteiger partial charge in [0.15, 0.2) is 4.34 Å². The molecule has 3 aromatic rings. The summed E-state index contributed by atoms with van der Waals surface area (Å²) in [7, 11) is 0. The number of allylic oxidation sites excluding steroid dienone is 1. The molecular weight excluding hydrogens is 422 g/mol. The number of thioether (sulfide) groups is 1. The van der Waals surface area contributed by atoms with Gasteiger partial charge in [-0.15, -0.1) is 10.2 Å². The lowest BCUT2D eigenvalue weighted by molar-refractivity contribution is -0.131. The molecule has 10 heteroatoms. The molecule has 4 heterocycles. The van der Waals surface area contributed by atoms with E-state index in [1.165, 1.54) is 23.1 Å². The van der Waals surface area contributed by atoms with E-state index >= 15 is 0 Å². The predicted molar refractivity (Wildman–Crippen MR) is 115 cm³/mol. The summed E-state index contributed by atoms with van der Waals surface area (Å²) >= 11 is 2.58. The number of anilines is 1. The Kier molecular flexibility index (Phi) is 5.17. The standard InChI is InChI=1S/C20H19N5O3S2/c21-19-22-23-20(30-19)29-11-16(26)25-18(15-7-3-9-28-15)14-6-1-4-12(17(14)24-25)10-13-5-2-8-27-13/h2-3,5,7-10,14,18H,1,4,6,11H2,(H2,21,22)/b12-10+/t14-,18+/m1/s1. The highest BCUT2D eigenvalue weighted by molar-refractivity contribution is 8.01. The normalized spacial score (nSPS) is 22.3. The Morgan fingerprint density at radius 2 is 2.17 bits per heavy atom. The van der Waals surface area contributed by atoms with Crippen LogP contribution in [0.1, 0.15) is 36.8 Å². The number of hydrazone groups is 1. The van der Waals surface area contributed by atoms with E-state index < -0.39 is 0 Å². The first-order valence-corrected chi connectivity index (χ1v) is 11.4. The highest BCUT2D eigenvalue weighted by atomic mass is 32.2. The van der Waals surface area contributed by atoms with Gasteiger partial charge < -0.3 is 14.6 Å². The van der Waals surface area contributed by atoms with Gasteiger partial charge in [0, 0.05) is 5.92 Å². The van der Waals surface area contributed by atoms with Crippen molar-refractivity contribution in [2.24, 2.45) is 11.0 Å². The monoisotopic (exact) mass is 441 g/mol. The van der Waals surface area contributed by atoms with Gasteiger partial charge in [-0.1, -0.05) is 23.1 Å². The number of carbonyl (C=O) groups excluding carboxylic acids is 1. The Labute approximate surface area is 180 Å². The van der Waals surface area contributed by atoms with Gasteiger partial charge in [0.25, 0.3) is 5.91 Å². The Morgan fingerprint density at radius 1 is 1.30 bits per heavy atom. The molecule has 30 heavy (non-hydrogen) atoms. The minimum atomic E-state index is -0.247. The molecule has 0 spiro atoms. The third-order valence-corrected chi connectivity index (χ3v) is 7.06. The number of furan rings is 2. The van der Waals surface area contributed by atoms with Crippen LogP contribution in [0.5, 0.6) is 0 Å². The van der Waals surface area contributed by atoms with E-state index in [4.69, 9.17) is 19.7 Å². The molecule has 2 atom stereocenters. The summed E-state index contributed by atoms with van der Waals surface area (Å²) < 4.78 is 11.9. The van der Waals surface area contributed by atoms with Gasteiger partial charge in [-0.05, 0) is 55.2 Å². The summed E-state index contributed by atoms with van der Waals surface area (Å²) in [4.78, 5) is 13.1. The van der Waals surface area contributed by atoms with Gasteiger partial charge in [-0.2, -0.15) is 5.10 Å². The fourth-order valence-electron chi connectivity index (χ4n) is 3.96. The van der Waals surface area contributed by atoms with Crippen molar-refractivity contribution in [3.8, 4) is 0 Å². The zero-order valence-electron chi connectivity index (χ0n) is 15.9. The van der Waals surface area contributed by atoms with Crippen LogP contribution < -0.4 is 5.73 Å². The third-order valence-electron chi connectivity index (χ3n) is 5.19. The molecule has 3 aromatic heterocycles. The quantitative estimate of drug-likeness (QED) is 0.590. The van der Waals surface area contributed by atoms with Gasteiger partial charge >= 0.3 is 0 Å². The van der Waals surface area contributed by atoms with Crippen molar-refractivity contribution in [1.82, 2.24) is 15.2 Å². The molecule has 8 nitrogen and oxygen atoms in total. The van der Waals surface area contributed by atoms with Gasteiger partial charge in [0.2, 0.25) is 5.13 Å². The van der Waals surface area contributed by atoms with Crippen LogP contribution in [0.15, 0.2) is 60.6 Å². The number of nitrogens with zero attached hydrogens (tertiary/aromatic N) is 4. The summed E-state index contributed by atoms with van der Waals surface area (Å²) in [5.74, 6) is 1.73. The second-order valence-corrected chi connectivity index (χ2v) is 9.29. The maximum absolute atomic E-state index is 13.1. The lowest BCUT2D eigenvalue weighted by atomic mass is 9.79. The highest BCUT2D eigenvalue weighted by Gasteiger charge is 2.45. The molecule has 0 aromatic carbocycles. The van der Waals surface area contributed by atoms with E-state index in [0.29, 0.717) is 9.47 Å². The largest absolute Gasteiger partial charge is 0.467 e. The highest BCUT2D eigenvalue weighted by Crippen LogP contribution is 2.44. The number of nitrogen functional groups attached to an aromatic ring is 1. The van der Waals surface area contributed by atoms with Gasteiger partial charge in [-0.3, -0.25) is 4.79 Å². The predicted octanol–water partition coefficient (Wildman–Crippen LogP) is 4.22. The van der Waals surface area contributed by atoms with Crippen LogP contribution in [-0.2, 0) is 4.79 Å². The summed E-state index contributed by atoms with van der Waals surface area (Å²) in [5.41, 5.74) is 7.68. The second kappa shape index (κ2) is 8.11. The number of amides is 1. The molecule has 0 saturated heterocycles. The van der Waals surface area contributed by atoms with Crippen molar-refractivity contribution >= 4 is 45.9 Å². The van der Waals surface area contributed by atoms with Crippen LogP contribution in [0.2, 0.25) is 0 Å². The maximum Gasteiger partial charge on any atom is 0.253 e. The molecule has 2 aliphatic rings. The first-order valence-electron chi connectivity index (χ1n) is 9.59. The molecule has 1 amide bonds. The molecule has 1 aliphatic heterocycles. The van der Waals surface area contributed by atoms with Crippen LogP contribution in [-0.4, -0.2) is 32.6 Å². The molecular formula is C20H19N5O3S2. The average Bonchev–Trinajstić information content (AvgIpc) is 3.52. The van der Waals surface area contributed by atoms with Crippen molar-refractivity contribution in [3.05, 3.63) is 53.9 Å². The number of fused-ring (bicyclic) bond motifs is 1. The van der Waals surface area contributed by atoms with E-state index in [-0.39, 0.29) is 23.6 Å². The van der Waals surface area contributed by atoms with E-state index in [2.05, 4.69) is 10.2 Å². The average molecular weight is 442 g/mol. The molecule has 5 rings (SSSR count). The van der Waals surface area contributed by atoms with Crippen LogP contribution in [0.4, 0.5) is 5.13 Å². The Hall–Kier alpha value is -2.85. The van der Waals surface area contributed by atoms with Crippen molar-refractivity contribution < 1.29 is 13.6 Å². The van der Waals surface area contributed by atoms with Crippen LogP contribution in [0, 0.1) is 5.92 Å². The number of carbonyl (C=O) groups is 1. The summed E-state index contributed by atoms with van der Waals surface area (Å²) in [6.45, 7) is 0. The fraction of sp³-hybridized carbons (Fsp3) is 0.300. The topological polar surface area (TPSA) is 111 Å². The lowest BCUT2D eigenvalue weighted by Crippen LogP contribution is -2.32. The number of nitrogens with two attached hydrogens (primary N) is 1. The molecule has 2 N–H and O–H groups in total. The minimum absolute atomic E-state index is 0.0947. The second-order valence-electron chi connectivity index (χ2n) is 7.06. The Bertz CT molecular complexity index is 1090. The van der Waals surface area contributed by atoms with E-state index in [1.54, 1.807) is 17.5 Å². The van der Waals surface area contributed by atoms with E-state index in [0.717, 1.165) is 42.1 Å². The first kappa shape index (κ1) is 19.1. The van der Waals surface area contributed by atoms with E-state index in [1.807, 2.05) is 30.3 Å². The molecule has 0 unspecified atom stereocenters. The summed E-state index contributed by atoms with van der Waals surface area (Å²) in [5, 5.41) is 14.5. The number of aromatic nitrogens is 2. The van der Waals surface area contributed by atoms with Crippen molar-refractivity contribution in [3.63, 3.8) is 0 Å². The molecule has 0 radical (unpaired) electrons. The number of hydrogen-bond acceptors (Lipinski definition) is 9. The van der Waals surface area contributed by atoms with Gasteiger partial charge in [0.05, 0.1) is 24.0 Å². The molecule has 0 bridgehead atoms. The minimum Gasteiger partial charge on any atom is -0.467 e. The van der Waals surface area contributed by atoms with Crippen LogP contribution in [0.3, 0.4) is 0 Å². The maximum atomic E-state index is 13.1. The summed E-state index contributed by atoms with van der Waals surface area (Å²) in [6.07, 6.45) is 8.19. The SMILES string of the molecule is Nc1nnc(SCC(=O)N2N=C3/C(=C/c4ccco4)CCC[C@H]3[C@H]2c2ccco2)s1. The van der Waals surface area contributed by atoms with Crippen LogP contribution in [0.25, 0.3) is 6.08 Å². The Balaban J connectivity index is 1.44. The lowest BCUT2D eigenvalue weighted by Gasteiger charge is -2.27. The Morgan fingerprint density at radius 3 is 2.90 bits per heavy atom. The number of hydrogen-bond donors (Lipinski definition) is 1. The summed E-state index contributed by atoms with van der Waals surface area (Å²) in [6, 6.07) is 7.29. The van der Waals surface area contributed by atoms with Crippen molar-refractivity contribution in [1.29, 1.82) is 0 Å². The molecule has 154 valence electrons. The van der Waals surface area contributed by atoms with Crippen molar-refractivity contribution in [2.45, 2.75) is 29.6 Å². The number of rotatable bonds is 5. The van der Waals surface area contributed by atoms with Gasteiger partial charge in [0.1, 0.15) is 17.6 Å².